The lowest BCUT2D eigenvalue weighted by Crippen LogP contribution is -2.50. The van der Waals surface area contributed by atoms with Gasteiger partial charge in [0.15, 0.2) is 0 Å². The van der Waals surface area contributed by atoms with Gasteiger partial charge in [0.25, 0.3) is 0 Å². The van der Waals surface area contributed by atoms with Crippen molar-refractivity contribution in [3.05, 3.63) is 30.1 Å². The summed E-state index contributed by atoms with van der Waals surface area (Å²) < 4.78 is 39.6. The van der Waals surface area contributed by atoms with E-state index in [2.05, 4.69) is 14.5 Å². The van der Waals surface area contributed by atoms with E-state index in [1.807, 2.05) is 0 Å². The number of piperazine rings is 1. The Morgan fingerprint density at radius 2 is 1.50 bits per heavy atom. The number of hydrogen-bond acceptors (Lipinski definition) is 5. The van der Waals surface area contributed by atoms with Gasteiger partial charge in [-0.25, -0.2) is 17.5 Å². The molecule has 2 aliphatic heterocycles. The molecular formula is C19H29FN4O3S. The Kier molecular flexibility index (Phi) is 7.39. The normalized spacial score (nSPS) is 19.2. The predicted molar refractivity (Wildman–Crippen MR) is 105 cm³/mol. The molecule has 2 saturated heterocycles. The van der Waals surface area contributed by atoms with Gasteiger partial charge < -0.3 is 9.80 Å². The van der Waals surface area contributed by atoms with Crippen LogP contribution in [0.2, 0.25) is 0 Å². The molecule has 2 fully saturated rings. The fourth-order valence-corrected chi connectivity index (χ4v) is 4.69. The van der Waals surface area contributed by atoms with E-state index in [1.165, 1.54) is 38.1 Å². The van der Waals surface area contributed by atoms with E-state index < -0.39 is 15.8 Å². The number of nitrogens with one attached hydrogen (secondary N) is 1. The lowest BCUT2D eigenvalue weighted by molar-refractivity contribution is -0.132. The van der Waals surface area contributed by atoms with Gasteiger partial charge in [-0.1, -0.05) is 0 Å². The van der Waals surface area contributed by atoms with Gasteiger partial charge in [0.1, 0.15) is 5.82 Å². The minimum Gasteiger partial charge on any atom is -0.340 e. The minimum absolute atomic E-state index is 0.00651. The van der Waals surface area contributed by atoms with Crippen molar-refractivity contribution in [2.45, 2.75) is 24.2 Å². The lowest BCUT2D eigenvalue weighted by Gasteiger charge is -2.35. The molecule has 0 bridgehead atoms. The van der Waals surface area contributed by atoms with Crippen LogP contribution in [0.4, 0.5) is 4.39 Å². The molecule has 28 heavy (non-hydrogen) atoms. The number of carbonyl (C=O) groups is 1. The summed E-state index contributed by atoms with van der Waals surface area (Å²) in [7, 11) is -3.73. The van der Waals surface area contributed by atoms with Crippen LogP contribution in [-0.4, -0.2) is 87.9 Å². The van der Waals surface area contributed by atoms with E-state index in [-0.39, 0.29) is 23.8 Å². The first kappa shape index (κ1) is 21.2. The monoisotopic (exact) mass is 412 g/mol. The highest BCUT2D eigenvalue weighted by molar-refractivity contribution is 7.89. The van der Waals surface area contributed by atoms with Crippen molar-refractivity contribution in [2.24, 2.45) is 0 Å². The number of carbonyl (C=O) groups excluding carboxylic acids is 1. The Bertz CT molecular complexity index is 743. The highest BCUT2D eigenvalue weighted by atomic mass is 32.2. The van der Waals surface area contributed by atoms with Gasteiger partial charge in [0.05, 0.1) is 4.90 Å². The second kappa shape index (κ2) is 9.78. The maximum atomic E-state index is 12.9. The van der Waals surface area contributed by atoms with Crippen LogP contribution in [0.25, 0.3) is 0 Å². The van der Waals surface area contributed by atoms with E-state index in [0.29, 0.717) is 13.1 Å². The van der Waals surface area contributed by atoms with E-state index in [4.69, 9.17) is 0 Å². The highest BCUT2D eigenvalue weighted by Crippen LogP contribution is 2.11. The second-order valence-electron chi connectivity index (χ2n) is 7.37. The molecule has 0 aliphatic carbocycles. The van der Waals surface area contributed by atoms with Gasteiger partial charge in [-0.15, -0.1) is 0 Å². The molecule has 0 aromatic heterocycles. The minimum atomic E-state index is -3.73. The van der Waals surface area contributed by atoms with Crippen molar-refractivity contribution in [2.75, 3.05) is 58.9 Å². The van der Waals surface area contributed by atoms with Crippen molar-refractivity contribution in [3.8, 4) is 0 Å². The molecule has 9 heteroatoms. The first-order valence-corrected chi connectivity index (χ1v) is 11.4. The van der Waals surface area contributed by atoms with Gasteiger partial charge in [0.2, 0.25) is 15.9 Å². The number of sulfonamides is 1. The summed E-state index contributed by atoms with van der Waals surface area (Å²) in [6.45, 7) is 7.67. The Morgan fingerprint density at radius 1 is 0.929 bits per heavy atom. The summed E-state index contributed by atoms with van der Waals surface area (Å²) in [5, 5.41) is 0. The van der Waals surface area contributed by atoms with Crippen molar-refractivity contribution in [3.63, 3.8) is 0 Å². The molecule has 1 aromatic carbocycles. The first-order valence-electron chi connectivity index (χ1n) is 9.92. The predicted octanol–water partition coefficient (Wildman–Crippen LogP) is 0.734. The number of likely N-dealkylation sites (tertiary alicyclic amines) is 1. The third kappa shape index (κ3) is 5.97. The number of halogens is 1. The zero-order valence-corrected chi connectivity index (χ0v) is 17.0. The number of nitrogens with zero attached hydrogens (tertiary/aromatic N) is 3. The summed E-state index contributed by atoms with van der Waals surface area (Å²) in [5.41, 5.74) is 0. The third-order valence-electron chi connectivity index (χ3n) is 5.41. The van der Waals surface area contributed by atoms with Gasteiger partial charge in [-0.2, -0.15) is 0 Å². The Hall–Kier alpha value is -1.55. The number of amides is 1. The molecule has 156 valence electrons. The highest BCUT2D eigenvalue weighted by Gasteiger charge is 2.22. The summed E-state index contributed by atoms with van der Waals surface area (Å²) >= 11 is 0. The van der Waals surface area contributed by atoms with Gasteiger partial charge in [-0.3, -0.25) is 9.69 Å². The fraction of sp³-hybridized carbons (Fsp3) is 0.632. The van der Waals surface area contributed by atoms with Gasteiger partial charge in [-0.05, 0) is 50.2 Å². The molecule has 2 heterocycles. The van der Waals surface area contributed by atoms with E-state index >= 15 is 0 Å². The Balaban J connectivity index is 1.35. The summed E-state index contributed by atoms with van der Waals surface area (Å²) in [6.07, 6.45) is 2.72. The zero-order valence-electron chi connectivity index (χ0n) is 16.1. The van der Waals surface area contributed by atoms with Crippen LogP contribution in [0.5, 0.6) is 0 Å². The van der Waals surface area contributed by atoms with Crippen molar-refractivity contribution in [1.82, 2.24) is 19.4 Å². The number of benzene rings is 1. The van der Waals surface area contributed by atoms with Gasteiger partial charge in [0, 0.05) is 52.2 Å². The van der Waals surface area contributed by atoms with Crippen LogP contribution in [0.3, 0.4) is 0 Å². The molecule has 2 aliphatic rings. The topological polar surface area (TPSA) is 73.0 Å². The molecule has 1 N–H and O–H groups in total. The average Bonchev–Trinajstić information content (AvgIpc) is 3.20. The van der Waals surface area contributed by atoms with E-state index in [9.17, 15) is 17.6 Å². The summed E-state index contributed by atoms with van der Waals surface area (Å²) in [6, 6.07) is 4.62. The van der Waals surface area contributed by atoms with Gasteiger partial charge >= 0.3 is 0 Å². The molecule has 0 saturated carbocycles. The Labute approximate surface area is 166 Å². The molecule has 0 spiro atoms. The molecule has 0 unspecified atom stereocenters. The lowest BCUT2D eigenvalue weighted by atomic mass is 10.2. The largest absolute Gasteiger partial charge is 0.340 e. The molecule has 7 nitrogen and oxygen atoms in total. The molecule has 0 radical (unpaired) electrons. The molecule has 0 atom stereocenters. The van der Waals surface area contributed by atoms with Crippen LogP contribution >= 0.6 is 0 Å². The first-order chi connectivity index (χ1) is 13.4. The number of hydrogen-bond donors (Lipinski definition) is 1. The summed E-state index contributed by atoms with van der Waals surface area (Å²) in [4.78, 5) is 19.0. The molecule has 3 rings (SSSR count). The van der Waals surface area contributed by atoms with E-state index in [0.717, 1.165) is 38.3 Å². The Morgan fingerprint density at radius 3 is 2.11 bits per heavy atom. The number of rotatable bonds is 8. The van der Waals surface area contributed by atoms with Crippen LogP contribution < -0.4 is 4.72 Å². The van der Waals surface area contributed by atoms with Crippen molar-refractivity contribution in [1.29, 1.82) is 0 Å². The van der Waals surface area contributed by atoms with Crippen LogP contribution in [0.1, 0.15) is 19.3 Å². The standard InChI is InChI=1S/C19H29FN4O3S/c20-17-3-5-18(6-4-17)28(26,27)21-8-7-19(25)24-15-13-23(14-16-24)12-11-22-9-1-2-10-22/h3-6,21H,1-2,7-16H2. The van der Waals surface area contributed by atoms with Crippen LogP contribution in [0.15, 0.2) is 29.2 Å². The van der Waals surface area contributed by atoms with Crippen LogP contribution in [-0.2, 0) is 14.8 Å². The maximum absolute atomic E-state index is 12.9. The molecular weight excluding hydrogens is 383 g/mol. The van der Waals surface area contributed by atoms with Crippen LogP contribution in [0, 0.1) is 5.82 Å². The molecule has 1 aromatic rings. The average molecular weight is 413 g/mol. The van der Waals surface area contributed by atoms with Crippen molar-refractivity contribution < 1.29 is 17.6 Å². The molecule has 1 amide bonds. The van der Waals surface area contributed by atoms with Crippen molar-refractivity contribution >= 4 is 15.9 Å². The smallest absolute Gasteiger partial charge is 0.240 e. The quantitative estimate of drug-likeness (QED) is 0.682. The van der Waals surface area contributed by atoms with E-state index in [1.54, 1.807) is 4.90 Å². The third-order valence-corrected chi connectivity index (χ3v) is 6.89. The fourth-order valence-electron chi connectivity index (χ4n) is 3.66. The SMILES string of the molecule is O=C(CCNS(=O)(=O)c1ccc(F)cc1)N1CCN(CCN2CCCC2)CC1. The second-order valence-corrected chi connectivity index (χ2v) is 9.14. The summed E-state index contributed by atoms with van der Waals surface area (Å²) in [5.74, 6) is -0.533. The maximum Gasteiger partial charge on any atom is 0.240 e. The zero-order chi connectivity index (χ0) is 20.0.